The number of aromatic nitrogens is 2. The molecule has 19 heavy (non-hydrogen) atoms. The number of nitrogens with zero attached hydrogens (tertiary/aromatic N) is 2. The highest BCUT2D eigenvalue weighted by Gasteiger charge is 2.09. The summed E-state index contributed by atoms with van der Waals surface area (Å²) in [5.41, 5.74) is 0.703. The van der Waals surface area contributed by atoms with Crippen molar-refractivity contribution in [3.05, 3.63) is 28.9 Å². The van der Waals surface area contributed by atoms with Crippen LogP contribution >= 0.6 is 11.3 Å². The van der Waals surface area contributed by atoms with Crippen molar-refractivity contribution in [2.24, 2.45) is 0 Å². The van der Waals surface area contributed by atoms with E-state index < -0.39 is 0 Å². The van der Waals surface area contributed by atoms with E-state index in [4.69, 9.17) is 9.15 Å². The Hall–Kier alpha value is -1.89. The number of ether oxygens (including phenoxy) is 1. The quantitative estimate of drug-likeness (QED) is 0.818. The van der Waals surface area contributed by atoms with E-state index >= 15 is 0 Å². The van der Waals surface area contributed by atoms with Crippen LogP contribution in [0, 0.1) is 6.92 Å². The highest BCUT2D eigenvalue weighted by molar-refractivity contribution is 7.13. The van der Waals surface area contributed by atoms with Gasteiger partial charge in [-0.2, -0.15) is 0 Å². The van der Waals surface area contributed by atoms with Crippen molar-refractivity contribution >= 4 is 22.4 Å². The van der Waals surface area contributed by atoms with Gasteiger partial charge in [-0.3, -0.25) is 4.79 Å². The lowest BCUT2D eigenvalue weighted by Gasteiger charge is -1.99. The molecule has 0 aliphatic heterocycles. The van der Waals surface area contributed by atoms with Crippen LogP contribution in [0.4, 0.5) is 5.13 Å². The van der Waals surface area contributed by atoms with Crippen LogP contribution in [0.5, 0.6) is 0 Å². The first-order valence-electron chi connectivity index (χ1n) is 5.92. The molecule has 1 N–H and O–H groups in total. The fourth-order valence-corrected chi connectivity index (χ4v) is 2.17. The zero-order chi connectivity index (χ0) is 13.7. The second-order valence-electron chi connectivity index (χ2n) is 3.84. The summed E-state index contributed by atoms with van der Waals surface area (Å²) in [7, 11) is 0. The Bertz CT molecular complexity index is 550. The first-order chi connectivity index (χ1) is 9.17. The van der Waals surface area contributed by atoms with Gasteiger partial charge < -0.3 is 14.5 Å². The van der Waals surface area contributed by atoms with Crippen molar-refractivity contribution in [1.82, 2.24) is 9.97 Å². The molecular formula is C12H15N3O3S. The van der Waals surface area contributed by atoms with Gasteiger partial charge in [0, 0.05) is 5.38 Å². The zero-order valence-electron chi connectivity index (χ0n) is 10.8. The SMILES string of the molecule is CCOC(=O)Cc1csc(NCc2ncc(C)o2)n1. The van der Waals surface area contributed by atoms with E-state index in [-0.39, 0.29) is 12.4 Å². The molecule has 2 aromatic rings. The Kier molecular flexibility index (Phi) is 4.51. The molecular weight excluding hydrogens is 266 g/mol. The summed E-state index contributed by atoms with van der Waals surface area (Å²) in [6.45, 7) is 4.49. The van der Waals surface area contributed by atoms with Gasteiger partial charge in [0.05, 0.1) is 31.5 Å². The van der Waals surface area contributed by atoms with Gasteiger partial charge in [0.2, 0.25) is 5.89 Å². The molecule has 0 spiro atoms. The molecule has 0 radical (unpaired) electrons. The summed E-state index contributed by atoms with van der Waals surface area (Å²) in [6, 6.07) is 0. The number of esters is 1. The van der Waals surface area contributed by atoms with Gasteiger partial charge in [-0.15, -0.1) is 11.3 Å². The fraction of sp³-hybridized carbons (Fsp3) is 0.417. The number of carbonyl (C=O) groups is 1. The predicted molar refractivity (Wildman–Crippen MR) is 71.0 cm³/mol. The number of carbonyl (C=O) groups excluding carboxylic acids is 1. The van der Waals surface area contributed by atoms with E-state index in [9.17, 15) is 4.79 Å². The third-order valence-corrected chi connectivity index (χ3v) is 3.09. The van der Waals surface area contributed by atoms with Crippen LogP contribution in [0.1, 0.15) is 24.3 Å². The molecule has 6 nitrogen and oxygen atoms in total. The molecule has 0 aromatic carbocycles. The summed E-state index contributed by atoms with van der Waals surface area (Å²) >= 11 is 1.44. The lowest BCUT2D eigenvalue weighted by molar-refractivity contribution is -0.142. The smallest absolute Gasteiger partial charge is 0.311 e. The molecule has 0 atom stereocenters. The number of oxazole rings is 1. The van der Waals surface area contributed by atoms with Gasteiger partial charge in [0.25, 0.3) is 0 Å². The zero-order valence-corrected chi connectivity index (χ0v) is 11.6. The number of nitrogens with one attached hydrogen (secondary N) is 1. The molecule has 0 saturated carbocycles. The number of anilines is 1. The molecule has 102 valence electrons. The molecule has 0 saturated heterocycles. The van der Waals surface area contributed by atoms with E-state index in [0.717, 1.165) is 10.9 Å². The van der Waals surface area contributed by atoms with Crippen LogP contribution in [0.15, 0.2) is 16.0 Å². The standard InChI is InChI=1S/C12H15N3O3S/c1-3-17-11(16)4-9-7-19-12(15-9)14-6-10-13-5-8(2)18-10/h5,7H,3-4,6H2,1-2H3,(H,14,15). The van der Waals surface area contributed by atoms with Gasteiger partial charge in [0.15, 0.2) is 5.13 Å². The van der Waals surface area contributed by atoms with Crippen molar-refractivity contribution in [3.63, 3.8) is 0 Å². The first kappa shape index (κ1) is 13.5. The average Bonchev–Trinajstić information content (AvgIpc) is 2.96. The summed E-state index contributed by atoms with van der Waals surface area (Å²) in [5, 5.41) is 5.66. The minimum atomic E-state index is -0.261. The largest absolute Gasteiger partial charge is 0.466 e. The molecule has 2 aromatic heterocycles. The topological polar surface area (TPSA) is 77.2 Å². The Balaban J connectivity index is 1.85. The fourth-order valence-electron chi connectivity index (χ4n) is 1.46. The van der Waals surface area contributed by atoms with Crippen LogP contribution in [-0.4, -0.2) is 22.5 Å². The van der Waals surface area contributed by atoms with Gasteiger partial charge in [-0.1, -0.05) is 0 Å². The van der Waals surface area contributed by atoms with Crippen LogP contribution in [0.2, 0.25) is 0 Å². The van der Waals surface area contributed by atoms with E-state index in [2.05, 4.69) is 15.3 Å². The third-order valence-electron chi connectivity index (χ3n) is 2.24. The number of hydrogen-bond donors (Lipinski definition) is 1. The molecule has 0 aliphatic carbocycles. The van der Waals surface area contributed by atoms with Crippen molar-refractivity contribution in [2.45, 2.75) is 26.8 Å². The van der Waals surface area contributed by atoms with E-state index in [0.29, 0.717) is 24.7 Å². The average molecular weight is 281 g/mol. The molecule has 0 bridgehead atoms. The lowest BCUT2D eigenvalue weighted by Crippen LogP contribution is -2.07. The maximum absolute atomic E-state index is 11.3. The highest BCUT2D eigenvalue weighted by Crippen LogP contribution is 2.17. The van der Waals surface area contributed by atoms with Crippen LogP contribution in [0.25, 0.3) is 0 Å². The van der Waals surface area contributed by atoms with E-state index in [1.807, 2.05) is 12.3 Å². The molecule has 7 heteroatoms. The maximum atomic E-state index is 11.3. The molecule has 2 heterocycles. The number of aryl methyl sites for hydroxylation is 1. The van der Waals surface area contributed by atoms with Gasteiger partial charge >= 0.3 is 5.97 Å². The van der Waals surface area contributed by atoms with Crippen LogP contribution in [0.3, 0.4) is 0 Å². The Morgan fingerprint density at radius 2 is 2.42 bits per heavy atom. The van der Waals surface area contributed by atoms with E-state index in [1.165, 1.54) is 11.3 Å². The summed E-state index contributed by atoms with van der Waals surface area (Å²) in [5.74, 6) is 1.13. The predicted octanol–water partition coefficient (Wildman–Crippen LogP) is 2.16. The van der Waals surface area contributed by atoms with Crippen molar-refractivity contribution in [3.8, 4) is 0 Å². The first-order valence-corrected chi connectivity index (χ1v) is 6.80. The van der Waals surface area contributed by atoms with Crippen molar-refractivity contribution in [2.75, 3.05) is 11.9 Å². The third kappa shape index (κ3) is 4.06. The Morgan fingerprint density at radius 3 is 3.11 bits per heavy atom. The minimum absolute atomic E-state index is 0.199. The van der Waals surface area contributed by atoms with Crippen LogP contribution in [-0.2, 0) is 22.5 Å². The lowest BCUT2D eigenvalue weighted by atomic mass is 10.3. The van der Waals surface area contributed by atoms with Crippen LogP contribution < -0.4 is 5.32 Å². The number of hydrogen-bond acceptors (Lipinski definition) is 7. The van der Waals surface area contributed by atoms with Gasteiger partial charge in [-0.25, -0.2) is 9.97 Å². The summed E-state index contributed by atoms with van der Waals surface area (Å²) in [6.07, 6.45) is 1.87. The second-order valence-corrected chi connectivity index (χ2v) is 4.70. The number of thiazole rings is 1. The highest BCUT2D eigenvalue weighted by atomic mass is 32.1. The van der Waals surface area contributed by atoms with Crippen molar-refractivity contribution in [1.29, 1.82) is 0 Å². The molecule has 0 aliphatic rings. The Labute approximate surface area is 114 Å². The molecule has 0 amide bonds. The summed E-state index contributed by atoms with van der Waals surface area (Å²) < 4.78 is 10.2. The normalized spacial score (nSPS) is 10.4. The second kappa shape index (κ2) is 6.33. The number of rotatable bonds is 6. The molecule has 0 unspecified atom stereocenters. The minimum Gasteiger partial charge on any atom is -0.466 e. The van der Waals surface area contributed by atoms with Gasteiger partial charge in [-0.05, 0) is 13.8 Å². The Morgan fingerprint density at radius 1 is 1.58 bits per heavy atom. The van der Waals surface area contributed by atoms with Gasteiger partial charge in [0.1, 0.15) is 5.76 Å². The maximum Gasteiger partial charge on any atom is 0.311 e. The van der Waals surface area contributed by atoms with E-state index in [1.54, 1.807) is 13.1 Å². The summed E-state index contributed by atoms with van der Waals surface area (Å²) in [4.78, 5) is 19.7. The molecule has 2 rings (SSSR count). The monoisotopic (exact) mass is 281 g/mol. The van der Waals surface area contributed by atoms with Crippen molar-refractivity contribution < 1.29 is 13.9 Å². The molecule has 0 fully saturated rings.